The largest absolute Gasteiger partial charge is 0.507 e. The summed E-state index contributed by atoms with van der Waals surface area (Å²) in [7, 11) is 1.54. The maximum absolute atomic E-state index is 9.75. The van der Waals surface area contributed by atoms with Crippen molar-refractivity contribution in [3.63, 3.8) is 0 Å². The van der Waals surface area contributed by atoms with Crippen LogP contribution in [0.1, 0.15) is 24.8 Å². The molecule has 0 spiro atoms. The molecule has 0 aliphatic heterocycles. The van der Waals surface area contributed by atoms with Gasteiger partial charge in [0, 0.05) is 0 Å². The first kappa shape index (κ1) is 11.3. The van der Waals surface area contributed by atoms with E-state index in [2.05, 4.69) is 22.0 Å². The Kier molecular flexibility index (Phi) is 2.81. The number of halogens is 1. The van der Waals surface area contributed by atoms with Gasteiger partial charge in [0.2, 0.25) is 0 Å². The molecule has 0 atom stereocenters. The molecule has 0 unspecified atom stereocenters. The van der Waals surface area contributed by atoms with Crippen LogP contribution in [0.4, 0.5) is 0 Å². The first-order valence-electron chi connectivity index (χ1n) is 5.11. The third-order valence-electron chi connectivity index (χ3n) is 3.21. The zero-order valence-corrected chi connectivity index (χ0v) is 10.5. The molecule has 3 nitrogen and oxygen atoms in total. The van der Waals surface area contributed by atoms with Crippen LogP contribution in [-0.4, -0.2) is 12.2 Å². The van der Waals surface area contributed by atoms with E-state index >= 15 is 0 Å². The van der Waals surface area contributed by atoms with E-state index in [1.807, 2.05) is 6.07 Å². The van der Waals surface area contributed by atoms with Crippen molar-refractivity contribution in [2.45, 2.75) is 24.7 Å². The van der Waals surface area contributed by atoms with Gasteiger partial charge in [0.15, 0.2) is 0 Å². The zero-order chi connectivity index (χ0) is 11.8. The number of hydrogen-bond acceptors (Lipinski definition) is 3. The summed E-state index contributed by atoms with van der Waals surface area (Å²) in [4.78, 5) is 0. The first-order chi connectivity index (χ1) is 7.63. The Labute approximate surface area is 103 Å². The van der Waals surface area contributed by atoms with Gasteiger partial charge in [-0.25, -0.2) is 0 Å². The average Bonchev–Trinajstić information content (AvgIpc) is 2.22. The van der Waals surface area contributed by atoms with Crippen molar-refractivity contribution in [3.8, 4) is 17.6 Å². The Bertz CT molecular complexity index is 461. The van der Waals surface area contributed by atoms with Gasteiger partial charge in [0.05, 0.1) is 18.6 Å². The van der Waals surface area contributed by atoms with Crippen LogP contribution in [0.5, 0.6) is 11.5 Å². The summed E-state index contributed by atoms with van der Waals surface area (Å²) in [6, 6.07) is 5.82. The van der Waals surface area contributed by atoms with Crippen LogP contribution in [0.2, 0.25) is 0 Å². The van der Waals surface area contributed by atoms with Gasteiger partial charge in [-0.05, 0) is 52.9 Å². The molecule has 1 aliphatic rings. The summed E-state index contributed by atoms with van der Waals surface area (Å²) in [5.74, 6) is 0.687. The lowest BCUT2D eigenvalue weighted by Crippen LogP contribution is -2.32. The second-order valence-electron chi connectivity index (χ2n) is 4.06. The van der Waals surface area contributed by atoms with Crippen molar-refractivity contribution in [3.05, 3.63) is 22.2 Å². The fraction of sp³-hybridized carbons (Fsp3) is 0.417. The zero-order valence-electron chi connectivity index (χ0n) is 8.96. The van der Waals surface area contributed by atoms with Crippen molar-refractivity contribution in [2.24, 2.45) is 0 Å². The van der Waals surface area contributed by atoms with Gasteiger partial charge >= 0.3 is 0 Å². The summed E-state index contributed by atoms with van der Waals surface area (Å²) in [5.41, 5.74) is 0.421. The predicted octanol–water partition coefficient (Wildman–Crippen LogP) is 3.11. The molecule has 16 heavy (non-hydrogen) atoms. The summed E-state index contributed by atoms with van der Waals surface area (Å²) >= 11 is 3.25. The number of hydrogen-bond donors (Lipinski definition) is 1. The van der Waals surface area contributed by atoms with Crippen LogP contribution >= 0.6 is 15.9 Å². The number of benzene rings is 1. The van der Waals surface area contributed by atoms with Gasteiger partial charge in [0.25, 0.3) is 0 Å². The molecule has 4 heteroatoms. The fourth-order valence-corrected chi connectivity index (χ4v) is 2.39. The van der Waals surface area contributed by atoms with Crippen molar-refractivity contribution in [2.75, 3.05) is 7.11 Å². The number of nitrogens with zero attached hydrogens (tertiary/aromatic N) is 1. The van der Waals surface area contributed by atoms with Gasteiger partial charge in [-0.1, -0.05) is 0 Å². The minimum Gasteiger partial charge on any atom is -0.507 e. The standard InChI is InChI=1S/C12H12BrNO2/c1-16-10-6-8(5-9(15)11(10)13)12(7-14)3-2-4-12/h5-6,15H,2-4H2,1H3. The molecule has 0 radical (unpaired) electrons. The fourth-order valence-electron chi connectivity index (χ4n) is 2.00. The highest BCUT2D eigenvalue weighted by Crippen LogP contribution is 2.47. The number of rotatable bonds is 2. The highest BCUT2D eigenvalue weighted by Gasteiger charge is 2.39. The molecule has 1 aliphatic carbocycles. The van der Waals surface area contributed by atoms with Gasteiger partial charge in [-0.2, -0.15) is 5.26 Å². The molecule has 0 bridgehead atoms. The van der Waals surface area contributed by atoms with E-state index in [1.165, 1.54) is 0 Å². The quantitative estimate of drug-likeness (QED) is 0.906. The molecule has 0 aromatic heterocycles. The summed E-state index contributed by atoms with van der Waals surface area (Å²) in [5, 5.41) is 19.0. The number of phenolic OH excluding ortho intramolecular Hbond substituents is 1. The van der Waals surface area contributed by atoms with Gasteiger partial charge in [0.1, 0.15) is 16.0 Å². The van der Waals surface area contributed by atoms with Crippen molar-refractivity contribution in [1.29, 1.82) is 5.26 Å². The van der Waals surface area contributed by atoms with E-state index in [0.29, 0.717) is 10.2 Å². The van der Waals surface area contributed by atoms with E-state index in [9.17, 15) is 10.4 Å². The van der Waals surface area contributed by atoms with Crippen molar-refractivity contribution in [1.82, 2.24) is 0 Å². The van der Waals surface area contributed by atoms with Crippen LogP contribution in [0.3, 0.4) is 0 Å². The maximum Gasteiger partial charge on any atom is 0.137 e. The van der Waals surface area contributed by atoms with Gasteiger partial charge < -0.3 is 9.84 Å². The smallest absolute Gasteiger partial charge is 0.137 e. The molecule has 1 aromatic rings. The van der Waals surface area contributed by atoms with E-state index in [0.717, 1.165) is 24.8 Å². The molecule has 0 saturated heterocycles. The number of phenols is 1. The van der Waals surface area contributed by atoms with E-state index in [4.69, 9.17) is 4.74 Å². The summed E-state index contributed by atoms with van der Waals surface area (Å²) < 4.78 is 5.69. The number of ether oxygens (including phenoxy) is 1. The Hall–Kier alpha value is -1.21. The maximum atomic E-state index is 9.75. The molecule has 84 valence electrons. The van der Waals surface area contributed by atoms with Crippen LogP contribution in [0, 0.1) is 11.3 Å². The third-order valence-corrected chi connectivity index (χ3v) is 4.01. The topological polar surface area (TPSA) is 53.2 Å². The normalized spacial score (nSPS) is 17.3. The van der Waals surface area contributed by atoms with E-state index in [-0.39, 0.29) is 5.75 Å². The van der Waals surface area contributed by atoms with Crippen LogP contribution < -0.4 is 4.74 Å². The second kappa shape index (κ2) is 3.99. The number of aromatic hydroxyl groups is 1. The highest BCUT2D eigenvalue weighted by molar-refractivity contribution is 9.10. The minimum atomic E-state index is -0.425. The van der Waals surface area contributed by atoms with Crippen LogP contribution in [-0.2, 0) is 5.41 Å². The summed E-state index contributed by atoms with van der Waals surface area (Å²) in [6.07, 6.45) is 2.77. The number of nitriles is 1. The highest BCUT2D eigenvalue weighted by atomic mass is 79.9. The van der Waals surface area contributed by atoms with Crippen molar-refractivity contribution < 1.29 is 9.84 Å². The molecule has 0 heterocycles. The molecule has 1 N–H and O–H groups in total. The average molecular weight is 282 g/mol. The Morgan fingerprint density at radius 2 is 2.19 bits per heavy atom. The van der Waals surface area contributed by atoms with Crippen LogP contribution in [0.25, 0.3) is 0 Å². The lowest BCUT2D eigenvalue weighted by molar-refractivity contribution is 0.320. The van der Waals surface area contributed by atoms with Crippen LogP contribution in [0.15, 0.2) is 16.6 Å². The Balaban J connectivity index is 2.51. The molecular weight excluding hydrogens is 270 g/mol. The lowest BCUT2D eigenvalue weighted by atomic mass is 9.65. The molecule has 1 aromatic carbocycles. The molecule has 1 fully saturated rings. The van der Waals surface area contributed by atoms with Gasteiger partial charge in [-0.3, -0.25) is 0 Å². The molecular formula is C12H12BrNO2. The SMILES string of the molecule is COc1cc(C2(C#N)CCC2)cc(O)c1Br. The first-order valence-corrected chi connectivity index (χ1v) is 5.90. The molecule has 1 saturated carbocycles. The van der Waals surface area contributed by atoms with E-state index < -0.39 is 5.41 Å². The molecule has 0 amide bonds. The third kappa shape index (κ3) is 1.56. The monoisotopic (exact) mass is 281 g/mol. The van der Waals surface area contributed by atoms with Crippen molar-refractivity contribution >= 4 is 15.9 Å². The van der Waals surface area contributed by atoms with Gasteiger partial charge in [-0.15, -0.1) is 0 Å². The second-order valence-corrected chi connectivity index (χ2v) is 4.85. The predicted molar refractivity (Wildman–Crippen MR) is 63.5 cm³/mol. The lowest BCUT2D eigenvalue weighted by Gasteiger charge is -2.35. The Morgan fingerprint density at radius 3 is 2.62 bits per heavy atom. The minimum absolute atomic E-state index is 0.121. The summed E-state index contributed by atoms with van der Waals surface area (Å²) in [6.45, 7) is 0. The number of methoxy groups -OCH3 is 1. The molecule has 2 rings (SSSR count). The van der Waals surface area contributed by atoms with E-state index in [1.54, 1.807) is 13.2 Å². The Morgan fingerprint density at radius 1 is 1.50 bits per heavy atom.